The van der Waals surface area contributed by atoms with Crippen LogP contribution in [0.3, 0.4) is 0 Å². The minimum Gasteiger partial charge on any atom is -0.391 e. The Balaban J connectivity index is 3.71. The number of aliphatic imine (C=N–C) groups is 1. The molecule has 0 fully saturated rings. The van der Waals surface area contributed by atoms with Crippen LogP contribution >= 0.6 is 0 Å². The molecule has 58 valence electrons. The highest BCUT2D eigenvalue weighted by atomic mass is 16.3. The molecule has 0 aliphatic rings. The Morgan fingerprint density at radius 1 is 1.70 bits per heavy atom. The lowest BCUT2D eigenvalue weighted by Crippen LogP contribution is -2.38. The molecule has 0 radical (unpaired) electrons. The third-order valence-electron chi connectivity index (χ3n) is 1.06. The Morgan fingerprint density at radius 2 is 2.30 bits per heavy atom. The molecule has 0 saturated carbocycles. The fourth-order valence-electron chi connectivity index (χ4n) is 0.453. The van der Waals surface area contributed by atoms with Gasteiger partial charge in [-0.2, -0.15) is 0 Å². The number of nitrogens with one attached hydrogen (secondary N) is 1. The summed E-state index contributed by atoms with van der Waals surface area (Å²) in [5, 5.41) is 11.5. The molecular formula is C6H12N2O2. The first kappa shape index (κ1) is 9.10. The molecule has 0 saturated heterocycles. The Morgan fingerprint density at radius 3 is 2.60 bits per heavy atom. The summed E-state index contributed by atoms with van der Waals surface area (Å²) in [5.74, 6) is 0. The van der Waals surface area contributed by atoms with Crippen LogP contribution in [0, 0.1) is 0 Å². The van der Waals surface area contributed by atoms with E-state index in [1.165, 1.54) is 13.3 Å². The number of hydrogen-bond donors (Lipinski definition) is 2. The van der Waals surface area contributed by atoms with Gasteiger partial charge in [0.1, 0.15) is 12.3 Å². The molecule has 2 unspecified atom stereocenters. The fourth-order valence-corrected chi connectivity index (χ4v) is 0.453. The topological polar surface area (TPSA) is 61.7 Å². The predicted octanol–water partition coefficient (Wildman–Crippen LogP) is -0.818. The molecule has 0 spiro atoms. The first-order valence-electron chi connectivity index (χ1n) is 3.02. The van der Waals surface area contributed by atoms with Crippen LogP contribution in [0.15, 0.2) is 4.99 Å². The smallest absolute Gasteiger partial charge is 0.144 e. The summed E-state index contributed by atoms with van der Waals surface area (Å²) in [6, 6.07) is -0.552. The van der Waals surface area contributed by atoms with E-state index < -0.39 is 12.1 Å². The second kappa shape index (κ2) is 4.93. The van der Waals surface area contributed by atoms with E-state index in [9.17, 15) is 4.79 Å². The van der Waals surface area contributed by atoms with Crippen LogP contribution in [0.2, 0.25) is 0 Å². The van der Waals surface area contributed by atoms with Crippen molar-refractivity contribution in [1.82, 2.24) is 5.32 Å². The van der Waals surface area contributed by atoms with Crippen molar-refractivity contribution in [3.05, 3.63) is 0 Å². The van der Waals surface area contributed by atoms with E-state index in [0.29, 0.717) is 6.29 Å². The standard InChI is InChI=1S/C6H12N2O2/c1-5(10)6(3-9)8-4-7-2/h3-6,10H,1-2H3,(H,7,8). The molecule has 0 aromatic carbocycles. The lowest BCUT2D eigenvalue weighted by molar-refractivity contribution is -0.111. The zero-order chi connectivity index (χ0) is 7.98. The van der Waals surface area contributed by atoms with Crippen molar-refractivity contribution >= 4 is 12.6 Å². The van der Waals surface area contributed by atoms with Crippen LogP contribution in [0.25, 0.3) is 0 Å². The molecule has 4 nitrogen and oxygen atoms in total. The third kappa shape index (κ3) is 3.19. The van der Waals surface area contributed by atoms with Crippen LogP contribution in [-0.4, -0.2) is 36.9 Å². The van der Waals surface area contributed by atoms with Crippen molar-refractivity contribution in [3.63, 3.8) is 0 Å². The normalized spacial score (nSPS) is 16.7. The van der Waals surface area contributed by atoms with E-state index in [0.717, 1.165) is 0 Å². The zero-order valence-corrected chi connectivity index (χ0v) is 6.11. The van der Waals surface area contributed by atoms with Gasteiger partial charge >= 0.3 is 0 Å². The molecule has 0 aliphatic heterocycles. The maximum atomic E-state index is 10.2. The van der Waals surface area contributed by atoms with Gasteiger partial charge in [0.15, 0.2) is 0 Å². The van der Waals surface area contributed by atoms with Crippen molar-refractivity contribution in [2.24, 2.45) is 4.99 Å². The molecule has 0 aliphatic carbocycles. The van der Waals surface area contributed by atoms with Crippen molar-refractivity contribution in [2.45, 2.75) is 19.1 Å². The van der Waals surface area contributed by atoms with Crippen molar-refractivity contribution in [1.29, 1.82) is 0 Å². The van der Waals surface area contributed by atoms with Gasteiger partial charge in [-0.15, -0.1) is 0 Å². The summed E-state index contributed by atoms with van der Waals surface area (Å²) in [5.41, 5.74) is 0. The lowest BCUT2D eigenvalue weighted by atomic mass is 10.2. The summed E-state index contributed by atoms with van der Waals surface area (Å²) >= 11 is 0. The van der Waals surface area contributed by atoms with E-state index in [-0.39, 0.29) is 0 Å². The Bertz CT molecular complexity index is 123. The molecule has 0 bridgehead atoms. The zero-order valence-electron chi connectivity index (χ0n) is 6.11. The summed E-state index contributed by atoms with van der Waals surface area (Å²) in [4.78, 5) is 13.8. The van der Waals surface area contributed by atoms with Gasteiger partial charge in [-0.05, 0) is 6.92 Å². The molecule has 0 amide bonds. The second-order valence-electron chi connectivity index (χ2n) is 1.96. The summed E-state index contributed by atoms with van der Waals surface area (Å²) in [6.45, 7) is 1.54. The van der Waals surface area contributed by atoms with E-state index in [4.69, 9.17) is 5.11 Å². The minimum atomic E-state index is -0.685. The van der Waals surface area contributed by atoms with Gasteiger partial charge < -0.3 is 15.2 Å². The Labute approximate surface area is 60.0 Å². The number of carbonyl (C=O) groups is 1. The number of aliphatic hydroxyl groups is 1. The van der Waals surface area contributed by atoms with Gasteiger partial charge in [-0.1, -0.05) is 0 Å². The van der Waals surface area contributed by atoms with Gasteiger partial charge in [-0.3, -0.25) is 4.99 Å². The van der Waals surface area contributed by atoms with Crippen LogP contribution < -0.4 is 5.32 Å². The number of nitrogens with zero attached hydrogens (tertiary/aromatic N) is 1. The lowest BCUT2D eigenvalue weighted by Gasteiger charge is -2.11. The summed E-state index contributed by atoms with van der Waals surface area (Å²) in [7, 11) is 1.58. The number of hydrogen-bond acceptors (Lipinski definition) is 3. The molecule has 4 heteroatoms. The molecule has 10 heavy (non-hydrogen) atoms. The summed E-state index contributed by atoms with van der Waals surface area (Å²) in [6.07, 6.45) is 1.34. The van der Waals surface area contributed by atoms with Crippen molar-refractivity contribution in [2.75, 3.05) is 7.05 Å². The van der Waals surface area contributed by atoms with E-state index in [1.54, 1.807) is 7.05 Å². The molecule has 0 rings (SSSR count). The molecule has 0 aromatic rings. The molecular weight excluding hydrogens is 132 g/mol. The predicted molar refractivity (Wildman–Crippen MR) is 39.1 cm³/mol. The van der Waals surface area contributed by atoms with Gasteiger partial charge in [0.2, 0.25) is 0 Å². The first-order valence-corrected chi connectivity index (χ1v) is 3.02. The number of rotatable bonds is 4. The average Bonchev–Trinajstić information content (AvgIpc) is 1.89. The van der Waals surface area contributed by atoms with E-state index >= 15 is 0 Å². The van der Waals surface area contributed by atoms with Gasteiger partial charge in [0, 0.05) is 7.05 Å². The maximum absolute atomic E-state index is 10.2. The highest BCUT2D eigenvalue weighted by Gasteiger charge is 2.10. The SMILES string of the molecule is CN=CNC(C=O)C(C)O. The fraction of sp³-hybridized carbons (Fsp3) is 0.667. The second-order valence-corrected chi connectivity index (χ2v) is 1.96. The molecule has 2 N–H and O–H groups in total. The van der Waals surface area contributed by atoms with Gasteiger partial charge in [-0.25, -0.2) is 0 Å². The van der Waals surface area contributed by atoms with Gasteiger partial charge in [0.05, 0.1) is 12.4 Å². The van der Waals surface area contributed by atoms with Gasteiger partial charge in [0.25, 0.3) is 0 Å². The van der Waals surface area contributed by atoms with E-state index in [2.05, 4.69) is 10.3 Å². The average molecular weight is 144 g/mol. The number of carbonyl (C=O) groups excluding carboxylic acids is 1. The number of aliphatic hydroxyl groups excluding tert-OH is 1. The molecule has 0 heterocycles. The number of aldehydes is 1. The minimum absolute atomic E-state index is 0.552. The Kier molecular flexibility index (Phi) is 4.49. The molecule has 0 aromatic heterocycles. The highest BCUT2D eigenvalue weighted by Crippen LogP contribution is 1.85. The first-order chi connectivity index (χ1) is 4.72. The summed E-state index contributed by atoms with van der Waals surface area (Å²) < 4.78 is 0. The highest BCUT2D eigenvalue weighted by molar-refractivity contribution is 5.66. The maximum Gasteiger partial charge on any atom is 0.144 e. The van der Waals surface area contributed by atoms with Crippen LogP contribution in [0.1, 0.15) is 6.92 Å². The quantitative estimate of drug-likeness (QED) is 0.308. The molecule has 2 atom stereocenters. The Hall–Kier alpha value is -0.900. The van der Waals surface area contributed by atoms with Crippen molar-refractivity contribution in [3.8, 4) is 0 Å². The largest absolute Gasteiger partial charge is 0.391 e. The monoisotopic (exact) mass is 144 g/mol. The van der Waals surface area contributed by atoms with Crippen LogP contribution in [0.4, 0.5) is 0 Å². The van der Waals surface area contributed by atoms with Crippen molar-refractivity contribution < 1.29 is 9.90 Å². The van der Waals surface area contributed by atoms with E-state index in [1.807, 2.05) is 0 Å². The van der Waals surface area contributed by atoms with Crippen LogP contribution in [0.5, 0.6) is 0 Å². The van der Waals surface area contributed by atoms with Crippen LogP contribution in [-0.2, 0) is 4.79 Å². The third-order valence-corrected chi connectivity index (χ3v) is 1.06.